The molecule has 0 radical (unpaired) electrons. The Morgan fingerprint density at radius 3 is 2.14 bits per heavy atom. The summed E-state index contributed by atoms with van der Waals surface area (Å²) in [6.07, 6.45) is 0. The van der Waals surface area contributed by atoms with Crippen LogP contribution in [-0.2, 0) is 4.79 Å². The highest BCUT2D eigenvalue weighted by Gasteiger charge is 2.47. The molecule has 0 aliphatic carbocycles. The van der Waals surface area contributed by atoms with Crippen LogP contribution in [0.2, 0.25) is 0 Å². The highest BCUT2D eigenvalue weighted by molar-refractivity contribution is 5.89. The van der Waals surface area contributed by atoms with Crippen molar-refractivity contribution < 1.29 is 13.6 Å². The van der Waals surface area contributed by atoms with E-state index >= 15 is 0 Å². The highest BCUT2D eigenvalue weighted by atomic mass is 19.3. The van der Waals surface area contributed by atoms with Gasteiger partial charge in [-0.15, -0.1) is 0 Å². The highest BCUT2D eigenvalue weighted by Crippen LogP contribution is 2.18. The quantitative estimate of drug-likeness (QED) is 0.425. The second-order valence-electron chi connectivity index (χ2n) is 1.39. The maximum absolute atomic E-state index is 11.5. The zero-order valence-electron chi connectivity index (χ0n) is 3.37. The van der Waals surface area contributed by atoms with E-state index in [-0.39, 0.29) is 0 Å². The lowest BCUT2D eigenvalue weighted by atomic mass is 10.2. The van der Waals surface area contributed by atoms with Gasteiger partial charge in [0.2, 0.25) is 0 Å². The zero-order valence-corrected chi connectivity index (χ0v) is 3.37. The Balaban J connectivity index is 2.59. The summed E-state index contributed by atoms with van der Waals surface area (Å²) < 4.78 is 23.0. The van der Waals surface area contributed by atoms with Crippen molar-refractivity contribution in [3.63, 3.8) is 0 Å². The van der Waals surface area contributed by atoms with E-state index in [4.69, 9.17) is 0 Å². The number of carbonyl (C=O) groups excluding carboxylic acids is 1. The van der Waals surface area contributed by atoms with Crippen molar-refractivity contribution in [2.45, 2.75) is 5.92 Å². The van der Waals surface area contributed by atoms with E-state index < -0.39 is 18.4 Å². The normalized spacial score (nSPS) is 25.7. The van der Waals surface area contributed by atoms with Crippen LogP contribution >= 0.6 is 0 Å². The lowest BCUT2D eigenvalue weighted by Crippen LogP contribution is -2.58. The van der Waals surface area contributed by atoms with Crippen molar-refractivity contribution >= 4 is 5.91 Å². The lowest BCUT2D eigenvalue weighted by molar-refractivity contribution is -0.159. The molecule has 1 aliphatic heterocycles. The zero-order chi connectivity index (χ0) is 5.49. The second kappa shape index (κ2) is 0.936. The SMILES string of the molecule is O=C1NCC1(F)F. The van der Waals surface area contributed by atoms with Gasteiger partial charge in [0.1, 0.15) is 0 Å². The maximum atomic E-state index is 11.5. The number of alkyl halides is 2. The summed E-state index contributed by atoms with van der Waals surface area (Å²) in [6.45, 7) is -0.494. The molecule has 0 unspecified atom stereocenters. The van der Waals surface area contributed by atoms with Gasteiger partial charge < -0.3 is 5.32 Å². The summed E-state index contributed by atoms with van der Waals surface area (Å²) in [5.41, 5.74) is 0. The van der Waals surface area contributed by atoms with Crippen LogP contribution in [0.3, 0.4) is 0 Å². The van der Waals surface area contributed by atoms with Crippen molar-refractivity contribution in [3.8, 4) is 0 Å². The first kappa shape index (κ1) is 4.49. The van der Waals surface area contributed by atoms with Crippen molar-refractivity contribution in [1.82, 2.24) is 5.32 Å². The smallest absolute Gasteiger partial charge is 0.341 e. The fourth-order valence-corrected chi connectivity index (χ4v) is 0.294. The van der Waals surface area contributed by atoms with Crippen molar-refractivity contribution in [2.24, 2.45) is 0 Å². The van der Waals surface area contributed by atoms with Gasteiger partial charge in [-0.2, -0.15) is 8.78 Å². The average Bonchev–Trinajstić information content (AvgIpc) is 1.63. The first-order chi connectivity index (χ1) is 3.13. The van der Waals surface area contributed by atoms with Gasteiger partial charge in [0.15, 0.2) is 0 Å². The molecule has 1 rings (SSSR count). The number of hydrogen-bond donors (Lipinski definition) is 1. The van der Waals surface area contributed by atoms with Crippen molar-refractivity contribution in [1.29, 1.82) is 0 Å². The Hall–Kier alpha value is -0.670. The van der Waals surface area contributed by atoms with Crippen LogP contribution in [0, 0.1) is 0 Å². The first-order valence-corrected chi connectivity index (χ1v) is 1.79. The molecule has 0 spiro atoms. The minimum absolute atomic E-state index is 0.494. The average molecular weight is 107 g/mol. The predicted octanol–water partition coefficient (Wildman–Crippen LogP) is -0.249. The molecule has 1 saturated heterocycles. The van der Waals surface area contributed by atoms with E-state index in [2.05, 4.69) is 0 Å². The molecule has 0 aromatic heterocycles. The fourth-order valence-electron chi connectivity index (χ4n) is 0.294. The number of β-lactam (4-membered cyclic amide) rings is 1. The largest absolute Gasteiger partial charge is 0.344 e. The van der Waals surface area contributed by atoms with Gasteiger partial charge in [-0.3, -0.25) is 4.79 Å². The molecule has 0 saturated carbocycles. The molecule has 0 aromatic carbocycles. The number of hydrogen-bond acceptors (Lipinski definition) is 1. The Labute approximate surface area is 38.5 Å². The van der Waals surface area contributed by atoms with Crippen LogP contribution in [0.4, 0.5) is 8.78 Å². The number of halogens is 2. The van der Waals surface area contributed by atoms with E-state index in [0.717, 1.165) is 0 Å². The number of carbonyl (C=O) groups is 1. The Morgan fingerprint density at radius 1 is 1.71 bits per heavy atom. The van der Waals surface area contributed by atoms with Crippen LogP contribution in [-0.4, -0.2) is 18.4 Å². The van der Waals surface area contributed by atoms with Gasteiger partial charge >= 0.3 is 5.92 Å². The lowest BCUT2D eigenvalue weighted by Gasteiger charge is -2.24. The summed E-state index contributed by atoms with van der Waals surface area (Å²) >= 11 is 0. The molecule has 1 heterocycles. The second-order valence-corrected chi connectivity index (χ2v) is 1.39. The summed E-state index contributed by atoms with van der Waals surface area (Å²) in [5, 5.41) is 1.91. The van der Waals surface area contributed by atoms with Gasteiger partial charge in [-0.05, 0) is 0 Å². The number of amides is 1. The van der Waals surface area contributed by atoms with Crippen LogP contribution in [0.15, 0.2) is 0 Å². The monoisotopic (exact) mass is 107 g/mol. The van der Waals surface area contributed by atoms with E-state index in [1.54, 1.807) is 0 Å². The Morgan fingerprint density at radius 2 is 2.14 bits per heavy atom. The number of rotatable bonds is 0. The molecule has 0 bridgehead atoms. The Bertz CT molecular complexity index is 112. The van der Waals surface area contributed by atoms with Crippen molar-refractivity contribution in [2.75, 3.05) is 6.54 Å². The summed E-state index contributed by atoms with van der Waals surface area (Å²) in [6, 6.07) is 0. The fraction of sp³-hybridized carbons (Fsp3) is 0.667. The summed E-state index contributed by atoms with van der Waals surface area (Å²) in [7, 11) is 0. The van der Waals surface area contributed by atoms with E-state index in [1.807, 2.05) is 5.32 Å². The molecule has 1 amide bonds. The third kappa shape index (κ3) is 0.460. The number of nitrogens with one attached hydrogen (secondary N) is 1. The minimum Gasteiger partial charge on any atom is -0.344 e. The molecule has 7 heavy (non-hydrogen) atoms. The summed E-state index contributed by atoms with van der Waals surface area (Å²) in [4.78, 5) is 9.69. The molecule has 1 fully saturated rings. The molecule has 0 atom stereocenters. The Kier molecular flexibility index (Phi) is 0.600. The third-order valence-electron chi connectivity index (χ3n) is 0.803. The van der Waals surface area contributed by atoms with E-state index in [0.29, 0.717) is 0 Å². The van der Waals surface area contributed by atoms with Gasteiger partial charge in [0.05, 0.1) is 6.54 Å². The molecule has 4 heteroatoms. The van der Waals surface area contributed by atoms with Gasteiger partial charge in [0.25, 0.3) is 5.91 Å². The topological polar surface area (TPSA) is 29.1 Å². The predicted molar refractivity (Wildman–Crippen MR) is 18.0 cm³/mol. The third-order valence-corrected chi connectivity index (χ3v) is 0.803. The van der Waals surface area contributed by atoms with Crippen LogP contribution in [0.25, 0.3) is 0 Å². The summed E-state index contributed by atoms with van der Waals surface area (Å²) in [5.74, 6) is -4.23. The van der Waals surface area contributed by atoms with E-state index in [9.17, 15) is 13.6 Å². The molecule has 1 N–H and O–H groups in total. The van der Waals surface area contributed by atoms with Gasteiger partial charge in [-0.1, -0.05) is 0 Å². The molecule has 2 nitrogen and oxygen atoms in total. The molecule has 40 valence electrons. The van der Waals surface area contributed by atoms with E-state index in [1.165, 1.54) is 0 Å². The van der Waals surface area contributed by atoms with Crippen LogP contribution < -0.4 is 5.32 Å². The molecule has 1 aliphatic rings. The molecular formula is C3H3F2NO. The van der Waals surface area contributed by atoms with Crippen LogP contribution in [0.1, 0.15) is 0 Å². The van der Waals surface area contributed by atoms with Gasteiger partial charge in [0, 0.05) is 0 Å². The molecule has 0 aromatic rings. The van der Waals surface area contributed by atoms with Crippen molar-refractivity contribution in [3.05, 3.63) is 0 Å². The molecular weight excluding hydrogens is 104 g/mol. The minimum atomic E-state index is -3.07. The standard InChI is InChI=1S/C3H3F2NO/c4-3(5)1-6-2(3)7/h1H2,(H,6,7). The maximum Gasteiger partial charge on any atom is 0.341 e. The van der Waals surface area contributed by atoms with Crippen LogP contribution in [0.5, 0.6) is 0 Å². The first-order valence-electron chi connectivity index (χ1n) is 1.79. The van der Waals surface area contributed by atoms with Gasteiger partial charge in [-0.25, -0.2) is 0 Å².